The summed E-state index contributed by atoms with van der Waals surface area (Å²) in [4.78, 5) is 0.662. The van der Waals surface area contributed by atoms with Crippen molar-refractivity contribution in [2.45, 2.75) is 24.1 Å². The third kappa shape index (κ3) is 3.61. The van der Waals surface area contributed by atoms with Gasteiger partial charge in [-0.15, -0.1) is 11.8 Å². The number of rotatable bonds is 3. The molecule has 3 N–H and O–H groups in total. The van der Waals surface area contributed by atoms with E-state index in [0.29, 0.717) is 10.6 Å². The molecule has 2 nitrogen and oxygen atoms in total. The van der Waals surface area contributed by atoms with E-state index in [2.05, 4.69) is 0 Å². The summed E-state index contributed by atoms with van der Waals surface area (Å²) in [6.45, 7) is 1.78. The molecule has 0 fully saturated rings. The molecule has 0 aliphatic heterocycles. The van der Waals surface area contributed by atoms with Gasteiger partial charge in [0.05, 0.1) is 0 Å². The molecule has 1 atom stereocenters. The van der Waals surface area contributed by atoms with Crippen molar-refractivity contribution in [1.29, 1.82) is 0 Å². The molecule has 16 heavy (non-hydrogen) atoms. The van der Waals surface area contributed by atoms with E-state index >= 15 is 0 Å². The van der Waals surface area contributed by atoms with Crippen molar-refractivity contribution < 1.29 is 18.3 Å². The van der Waals surface area contributed by atoms with Gasteiger partial charge in [0.15, 0.2) is 6.10 Å². The quantitative estimate of drug-likeness (QED) is 0.641. The minimum atomic E-state index is -4.56. The first-order valence-electron chi connectivity index (χ1n) is 4.54. The van der Waals surface area contributed by atoms with Gasteiger partial charge >= 0.3 is 6.18 Å². The Balaban J connectivity index is 2.58. The van der Waals surface area contributed by atoms with Crippen molar-refractivity contribution in [2.24, 2.45) is 0 Å². The zero-order chi connectivity index (χ0) is 12.3. The predicted octanol–water partition coefficient (Wildman–Crippen LogP) is 2.59. The summed E-state index contributed by atoms with van der Waals surface area (Å²) in [5.74, 6) is -0.410. The monoisotopic (exact) mass is 251 g/mol. The van der Waals surface area contributed by atoms with Crippen LogP contribution in [0.4, 0.5) is 18.9 Å². The van der Waals surface area contributed by atoms with Crippen LogP contribution in [0.15, 0.2) is 23.1 Å². The standard InChI is InChI=1S/C10H12F3NOS/c1-6-4-7(2-3-8(6)14)16-5-9(15)10(11,12)13/h2-4,9,15H,5,14H2,1H3. The van der Waals surface area contributed by atoms with Crippen LogP contribution < -0.4 is 5.73 Å². The number of aliphatic hydroxyl groups is 1. The van der Waals surface area contributed by atoms with Gasteiger partial charge in [0.2, 0.25) is 0 Å². The second kappa shape index (κ2) is 4.97. The van der Waals surface area contributed by atoms with Crippen LogP contribution in [0.2, 0.25) is 0 Å². The molecule has 1 rings (SSSR count). The molecule has 1 aromatic carbocycles. The van der Waals surface area contributed by atoms with Crippen LogP contribution in [0, 0.1) is 6.92 Å². The first-order chi connectivity index (χ1) is 7.30. The molecule has 0 bridgehead atoms. The molecule has 0 aliphatic carbocycles. The minimum Gasteiger partial charge on any atom is -0.399 e. The highest BCUT2D eigenvalue weighted by atomic mass is 32.2. The summed E-state index contributed by atoms with van der Waals surface area (Å²) in [6, 6.07) is 4.97. The summed E-state index contributed by atoms with van der Waals surface area (Å²) < 4.78 is 36.0. The van der Waals surface area contributed by atoms with Crippen molar-refractivity contribution in [1.82, 2.24) is 0 Å². The number of nitrogen functional groups attached to an aromatic ring is 1. The molecular weight excluding hydrogens is 239 g/mol. The Labute approximate surface area is 95.6 Å². The Kier molecular flexibility index (Phi) is 4.09. The van der Waals surface area contributed by atoms with Crippen LogP contribution in [0.1, 0.15) is 5.56 Å². The lowest BCUT2D eigenvalue weighted by molar-refractivity contribution is -0.195. The van der Waals surface area contributed by atoms with Crippen molar-refractivity contribution in [3.05, 3.63) is 23.8 Å². The molecule has 1 unspecified atom stereocenters. The summed E-state index contributed by atoms with van der Waals surface area (Å²) in [5, 5.41) is 8.80. The van der Waals surface area contributed by atoms with Gasteiger partial charge in [-0.3, -0.25) is 0 Å². The van der Waals surface area contributed by atoms with Crippen LogP contribution in [-0.2, 0) is 0 Å². The maximum absolute atomic E-state index is 12.0. The van der Waals surface area contributed by atoms with E-state index in [-0.39, 0.29) is 0 Å². The molecule has 90 valence electrons. The summed E-state index contributed by atoms with van der Waals surface area (Å²) in [5.41, 5.74) is 6.98. The first kappa shape index (κ1) is 13.2. The van der Waals surface area contributed by atoms with E-state index in [1.54, 1.807) is 25.1 Å². The molecule has 0 aliphatic rings. The van der Waals surface area contributed by atoms with Crippen molar-refractivity contribution in [3.63, 3.8) is 0 Å². The lowest BCUT2D eigenvalue weighted by atomic mass is 10.2. The van der Waals surface area contributed by atoms with Crippen LogP contribution >= 0.6 is 11.8 Å². The average molecular weight is 251 g/mol. The molecule has 0 heterocycles. The molecular formula is C10H12F3NOS. The fourth-order valence-corrected chi connectivity index (χ4v) is 1.97. The second-order valence-electron chi connectivity index (χ2n) is 3.39. The Morgan fingerprint density at radius 1 is 1.44 bits per heavy atom. The van der Waals surface area contributed by atoms with E-state index in [0.717, 1.165) is 17.3 Å². The number of hydrogen-bond donors (Lipinski definition) is 2. The topological polar surface area (TPSA) is 46.2 Å². The van der Waals surface area contributed by atoms with Gasteiger partial charge in [-0.1, -0.05) is 0 Å². The Morgan fingerprint density at radius 3 is 2.56 bits per heavy atom. The number of aryl methyl sites for hydroxylation is 1. The molecule has 0 saturated heterocycles. The van der Waals surface area contributed by atoms with E-state index in [9.17, 15) is 13.2 Å². The highest BCUT2D eigenvalue weighted by molar-refractivity contribution is 7.99. The number of thioether (sulfide) groups is 1. The number of aliphatic hydroxyl groups excluding tert-OH is 1. The van der Waals surface area contributed by atoms with Gasteiger partial charge in [-0.05, 0) is 30.7 Å². The van der Waals surface area contributed by atoms with Crippen molar-refractivity contribution in [3.8, 4) is 0 Å². The lowest BCUT2D eigenvalue weighted by Crippen LogP contribution is -2.30. The minimum absolute atomic E-state index is 0.410. The summed E-state index contributed by atoms with van der Waals surface area (Å²) in [6.07, 6.45) is -6.86. The maximum atomic E-state index is 12.0. The van der Waals surface area contributed by atoms with E-state index in [4.69, 9.17) is 10.8 Å². The van der Waals surface area contributed by atoms with Gasteiger partial charge in [-0.2, -0.15) is 13.2 Å². The number of benzene rings is 1. The molecule has 0 amide bonds. The zero-order valence-corrected chi connectivity index (χ0v) is 9.40. The number of alkyl halides is 3. The van der Waals surface area contributed by atoms with Crippen molar-refractivity contribution in [2.75, 3.05) is 11.5 Å². The number of nitrogens with two attached hydrogens (primary N) is 1. The van der Waals surface area contributed by atoms with Gasteiger partial charge in [0, 0.05) is 16.3 Å². The summed E-state index contributed by atoms with van der Waals surface area (Å²) in [7, 11) is 0. The zero-order valence-electron chi connectivity index (χ0n) is 8.58. The highest BCUT2D eigenvalue weighted by Crippen LogP contribution is 2.28. The lowest BCUT2D eigenvalue weighted by Gasteiger charge is -2.14. The number of halogens is 3. The molecule has 0 saturated carbocycles. The third-order valence-corrected chi connectivity index (χ3v) is 3.10. The molecule has 0 aromatic heterocycles. The van der Waals surface area contributed by atoms with Crippen LogP contribution in [0.25, 0.3) is 0 Å². The normalized spacial score (nSPS) is 13.8. The molecule has 0 radical (unpaired) electrons. The second-order valence-corrected chi connectivity index (χ2v) is 4.48. The smallest absolute Gasteiger partial charge is 0.399 e. The van der Waals surface area contributed by atoms with Crippen LogP contribution in [0.3, 0.4) is 0 Å². The molecule has 6 heteroatoms. The summed E-state index contributed by atoms with van der Waals surface area (Å²) >= 11 is 0.953. The van der Waals surface area contributed by atoms with Gasteiger partial charge in [-0.25, -0.2) is 0 Å². The van der Waals surface area contributed by atoms with Gasteiger partial charge < -0.3 is 10.8 Å². The van der Waals surface area contributed by atoms with Crippen molar-refractivity contribution >= 4 is 17.4 Å². The maximum Gasteiger partial charge on any atom is 0.415 e. The fourth-order valence-electron chi connectivity index (χ4n) is 1.01. The van der Waals surface area contributed by atoms with Crippen LogP contribution in [0.5, 0.6) is 0 Å². The average Bonchev–Trinajstić information content (AvgIpc) is 2.18. The third-order valence-electron chi connectivity index (χ3n) is 2.03. The fraction of sp³-hybridized carbons (Fsp3) is 0.400. The molecule has 0 spiro atoms. The Hall–Kier alpha value is -0.880. The van der Waals surface area contributed by atoms with Gasteiger partial charge in [0.25, 0.3) is 0 Å². The first-order valence-corrected chi connectivity index (χ1v) is 5.53. The predicted molar refractivity (Wildman–Crippen MR) is 58.4 cm³/mol. The van der Waals surface area contributed by atoms with E-state index in [1.165, 1.54) is 0 Å². The largest absolute Gasteiger partial charge is 0.415 e. The number of anilines is 1. The molecule has 1 aromatic rings. The highest BCUT2D eigenvalue weighted by Gasteiger charge is 2.37. The van der Waals surface area contributed by atoms with Crippen LogP contribution in [-0.4, -0.2) is 23.1 Å². The Bertz CT molecular complexity index is 368. The number of hydrogen-bond acceptors (Lipinski definition) is 3. The Morgan fingerprint density at radius 2 is 2.06 bits per heavy atom. The van der Waals surface area contributed by atoms with E-state index < -0.39 is 18.0 Å². The SMILES string of the molecule is Cc1cc(SCC(O)C(F)(F)F)ccc1N. The van der Waals surface area contributed by atoms with E-state index in [1.807, 2.05) is 0 Å². The van der Waals surface area contributed by atoms with Gasteiger partial charge in [0.1, 0.15) is 0 Å².